The lowest BCUT2D eigenvalue weighted by molar-refractivity contribution is -0.138. The van der Waals surface area contributed by atoms with E-state index in [4.69, 9.17) is 4.74 Å². The molecule has 2 saturated carbocycles. The van der Waals surface area contributed by atoms with Crippen molar-refractivity contribution in [3.05, 3.63) is 0 Å². The summed E-state index contributed by atoms with van der Waals surface area (Å²) in [5.41, 5.74) is 0.576. The van der Waals surface area contributed by atoms with Crippen LogP contribution in [0.2, 0.25) is 0 Å². The van der Waals surface area contributed by atoms with Gasteiger partial charge in [-0.3, -0.25) is 0 Å². The van der Waals surface area contributed by atoms with Crippen molar-refractivity contribution < 1.29 is 4.74 Å². The van der Waals surface area contributed by atoms with Crippen LogP contribution >= 0.6 is 15.9 Å². The molecular weight excluding hydrogens is 324 g/mol. The third-order valence-corrected chi connectivity index (χ3v) is 7.15. The Kier molecular flexibility index (Phi) is 6.22. The van der Waals surface area contributed by atoms with Gasteiger partial charge in [0.2, 0.25) is 0 Å². The Morgan fingerprint density at radius 1 is 1.05 bits per heavy atom. The van der Waals surface area contributed by atoms with Gasteiger partial charge in [-0.1, -0.05) is 62.9 Å². The molecule has 0 aromatic rings. The molecule has 2 aliphatic carbocycles. The first-order chi connectivity index (χ1) is 9.90. The third kappa shape index (κ3) is 4.47. The predicted molar refractivity (Wildman–Crippen MR) is 95.1 cm³/mol. The zero-order chi connectivity index (χ0) is 15.5. The van der Waals surface area contributed by atoms with E-state index in [9.17, 15) is 0 Å². The van der Waals surface area contributed by atoms with E-state index in [-0.39, 0.29) is 5.60 Å². The van der Waals surface area contributed by atoms with Gasteiger partial charge in [0, 0.05) is 5.33 Å². The molecule has 1 nitrogen and oxygen atoms in total. The number of rotatable bonds is 4. The molecule has 0 aromatic carbocycles. The van der Waals surface area contributed by atoms with Crippen molar-refractivity contribution in [2.75, 3.05) is 5.33 Å². The van der Waals surface area contributed by atoms with Crippen LogP contribution < -0.4 is 0 Å². The lowest BCUT2D eigenvalue weighted by Gasteiger charge is -2.46. The fourth-order valence-corrected chi connectivity index (χ4v) is 5.10. The Balaban J connectivity index is 1.96. The Hall–Kier alpha value is 0.440. The van der Waals surface area contributed by atoms with Gasteiger partial charge in [-0.25, -0.2) is 0 Å². The minimum absolute atomic E-state index is 0.122. The molecule has 0 heterocycles. The maximum atomic E-state index is 6.79. The largest absolute Gasteiger partial charge is 0.371 e. The van der Waals surface area contributed by atoms with Crippen molar-refractivity contribution in [2.24, 2.45) is 17.3 Å². The summed E-state index contributed by atoms with van der Waals surface area (Å²) >= 11 is 3.78. The van der Waals surface area contributed by atoms with Crippen LogP contribution in [0.5, 0.6) is 0 Å². The van der Waals surface area contributed by atoms with Crippen molar-refractivity contribution in [2.45, 2.75) is 97.2 Å². The fraction of sp³-hybridized carbons (Fsp3) is 1.00. The Morgan fingerprint density at radius 2 is 1.67 bits per heavy atom. The van der Waals surface area contributed by atoms with Crippen molar-refractivity contribution >= 4 is 15.9 Å². The van der Waals surface area contributed by atoms with Gasteiger partial charge in [-0.15, -0.1) is 0 Å². The summed E-state index contributed by atoms with van der Waals surface area (Å²) in [7, 11) is 0. The van der Waals surface area contributed by atoms with Gasteiger partial charge in [0.15, 0.2) is 0 Å². The number of hydrogen-bond donors (Lipinski definition) is 0. The smallest absolute Gasteiger partial charge is 0.0783 e. The van der Waals surface area contributed by atoms with Crippen molar-refractivity contribution in [3.8, 4) is 0 Å². The molecule has 2 rings (SSSR count). The number of alkyl halides is 1. The highest BCUT2D eigenvalue weighted by atomic mass is 79.9. The maximum absolute atomic E-state index is 6.79. The molecule has 0 aromatic heterocycles. The van der Waals surface area contributed by atoms with E-state index in [1.807, 2.05) is 0 Å². The first-order valence-electron chi connectivity index (χ1n) is 9.14. The van der Waals surface area contributed by atoms with Crippen LogP contribution in [0, 0.1) is 17.3 Å². The molecule has 2 heteroatoms. The molecule has 0 bridgehead atoms. The van der Waals surface area contributed by atoms with E-state index < -0.39 is 0 Å². The first kappa shape index (κ1) is 17.8. The molecule has 2 aliphatic rings. The summed E-state index contributed by atoms with van der Waals surface area (Å²) < 4.78 is 6.79. The SMILES string of the molecule is CCC1CCCCC1OC1(CBr)CCC(C(C)(C)C)CC1. The molecule has 0 amide bonds. The van der Waals surface area contributed by atoms with Crippen molar-refractivity contribution in [1.29, 1.82) is 0 Å². The van der Waals surface area contributed by atoms with Gasteiger partial charge in [0.05, 0.1) is 11.7 Å². The Labute approximate surface area is 140 Å². The Morgan fingerprint density at radius 3 is 2.19 bits per heavy atom. The minimum atomic E-state index is 0.122. The highest BCUT2D eigenvalue weighted by molar-refractivity contribution is 9.09. The molecule has 0 radical (unpaired) electrons. The van der Waals surface area contributed by atoms with Gasteiger partial charge in [-0.2, -0.15) is 0 Å². The average molecular weight is 359 g/mol. The first-order valence-corrected chi connectivity index (χ1v) is 10.3. The normalized spacial score (nSPS) is 38.4. The second-order valence-corrected chi connectivity index (χ2v) is 9.13. The lowest BCUT2D eigenvalue weighted by Crippen LogP contribution is -2.45. The molecular formula is C19H35BrO. The van der Waals surface area contributed by atoms with E-state index in [1.54, 1.807) is 0 Å². The van der Waals surface area contributed by atoms with Crippen molar-refractivity contribution in [3.63, 3.8) is 0 Å². The van der Waals surface area contributed by atoms with Crippen LogP contribution in [-0.4, -0.2) is 17.0 Å². The number of halogens is 1. The zero-order valence-electron chi connectivity index (χ0n) is 14.6. The number of ether oxygens (including phenoxy) is 1. The quantitative estimate of drug-likeness (QED) is 0.532. The van der Waals surface area contributed by atoms with E-state index in [0.717, 1.165) is 17.2 Å². The topological polar surface area (TPSA) is 9.23 Å². The van der Waals surface area contributed by atoms with Gasteiger partial charge in [0.25, 0.3) is 0 Å². The standard InChI is InChI=1S/C19H35BrO/c1-5-15-8-6-7-9-17(15)21-19(14-20)12-10-16(11-13-19)18(2,3)4/h15-17H,5-14H2,1-4H3. The van der Waals surface area contributed by atoms with Gasteiger partial charge >= 0.3 is 0 Å². The minimum Gasteiger partial charge on any atom is -0.371 e. The van der Waals surface area contributed by atoms with Crippen LogP contribution in [0.1, 0.15) is 85.5 Å². The van der Waals surface area contributed by atoms with E-state index in [0.29, 0.717) is 11.5 Å². The van der Waals surface area contributed by atoms with Crippen LogP contribution in [0.4, 0.5) is 0 Å². The molecule has 0 N–H and O–H groups in total. The molecule has 2 atom stereocenters. The molecule has 0 aliphatic heterocycles. The zero-order valence-corrected chi connectivity index (χ0v) is 16.2. The third-order valence-electron chi connectivity index (χ3n) is 6.13. The summed E-state index contributed by atoms with van der Waals surface area (Å²) in [5, 5.41) is 1.02. The van der Waals surface area contributed by atoms with Gasteiger partial charge in [0.1, 0.15) is 0 Å². The van der Waals surface area contributed by atoms with Crippen LogP contribution in [0.3, 0.4) is 0 Å². The second-order valence-electron chi connectivity index (χ2n) is 8.57. The predicted octanol–water partition coefficient (Wildman–Crippen LogP) is 6.34. The fourth-order valence-electron chi connectivity index (χ4n) is 4.41. The highest BCUT2D eigenvalue weighted by Gasteiger charge is 2.41. The molecule has 124 valence electrons. The maximum Gasteiger partial charge on any atom is 0.0783 e. The summed E-state index contributed by atoms with van der Waals surface area (Å²) in [6, 6.07) is 0. The van der Waals surface area contributed by atoms with Crippen LogP contribution in [-0.2, 0) is 4.74 Å². The molecule has 21 heavy (non-hydrogen) atoms. The molecule has 2 unspecified atom stereocenters. The van der Waals surface area contributed by atoms with Gasteiger partial charge < -0.3 is 4.74 Å². The molecule has 0 saturated heterocycles. The van der Waals surface area contributed by atoms with E-state index in [1.165, 1.54) is 57.8 Å². The van der Waals surface area contributed by atoms with Crippen molar-refractivity contribution in [1.82, 2.24) is 0 Å². The Bertz CT molecular complexity index is 312. The summed E-state index contributed by atoms with van der Waals surface area (Å²) in [6.07, 6.45) is 12.4. The van der Waals surface area contributed by atoms with Crippen LogP contribution in [0.25, 0.3) is 0 Å². The monoisotopic (exact) mass is 358 g/mol. The molecule has 0 spiro atoms. The average Bonchev–Trinajstić information content (AvgIpc) is 2.47. The van der Waals surface area contributed by atoms with E-state index in [2.05, 4.69) is 43.6 Å². The summed E-state index contributed by atoms with van der Waals surface area (Å²) in [4.78, 5) is 0. The molecule has 2 fully saturated rings. The highest BCUT2D eigenvalue weighted by Crippen LogP contribution is 2.45. The second kappa shape index (κ2) is 7.34. The van der Waals surface area contributed by atoms with E-state index >= 15 is 0 Å². The summed E-state index contributed by atoms with van der Waals surface area (Å²) in [5.74, 6) is 1.66. The lowest BCUT2D eigenvalue weighted by atomic mass is 9.68. The summed E-state index contributed by atoms with van der Waals surface area (Å²) in [6.45, 7) is 9.53. The van der Waals surface area contributed by atoms with Gasteiger partial charge in [-0.05, 0) is 55.8 Å². The van der Waals surface area contributed by atoms with Crippen LogP contribution in [0.15, 0.2) is 0 Å². The number of hydrogen-bond acceptors (Lipinski definition) is 1.